The zero-order valence-electron chi connectivity index (χ0n) is 13.7. The maximum absolute atomic E-state index is 12.1. The average molecular weight is 329 g/mol. The van der Waals surface area contributed by atoms with Gasteiger partial charge in [0.25, 0.3) is 0 Å². The molecule has 0 saturated heterocycles. The fraction of sp³-hybridized carbons (Fsp3) is 0.176. The standard InChI is InChI=1S/C17H19N3O4/c1-10-4-6-13(12(18)8-10)19-16(21)17(22)20-14-7-5-11(23-2)9-15(14)24-3/h4-9H,18H2,1-3H3,(H,19,21)(H,20,22). The number of aryl methyl sites for hydroxylation is 1. The highest BCUT2D eigenvalue weighted by Crippen LogP contribution is 2.29. The van der Waals surface area contributed by atoms with Crippen molar-refractivity contribution in [2.24, 2.45) is 0 Å². The van der Waals surface area contributed by atoms with E-state index in [-0.39, 0.29) is 0 Å². The molecule has 0 unspecified atom stereocenters. The van der Waals surface area contributed by atoms with Crippen LogP contribution >= 0.6 is 0 Å². The second-order valence-corrected chi connectivity index (χ2v) is 5.07. The first kappa shape index (κ1) is 17.1. The summed E-state index contributed by atoms with van der Waals surface area (Å²) in [5.74, 6) is -0.714. The van der Waals surface area contributed by atoms with Crippen LogP contribution in [0.15, 0.2) is 36.4 Å². The Morgan fingerprint density at radius 3 is 2.12 bits per heavy atom. The zero-order valence-corrected chi connectivity index (χ0v) is 13.7. The van der Waals surface area contributed by atoms with E-state index in [9.17, 15) is 9.59 Å². The third-order valence-corrected chi connectivity index (χ3v) is 3.32. The van der Waals surface area contributed by atoms with Gasteiger partial charge in [-0.2, -0.15) is 0 Å². The van der Waals surface area contributed by atoms with Gasteiger partial charge in [-0.25, -0.2) is 0 Å². The molecule has 0 fully saturated rings. The summed E-state index contributed by atoms with van der Waals surface area (Å²) in [7, 11) is 2.98. The van der Waals surface area contributed by atoms with E-state index in [1.54, 1.807) is 36.4 Å². The van der Waals surface area contributed by atoms with E-state index in [1.165, 1.54) is 14.2 Å². The van der Waals surface area contributed by atoms with Crippen LogP contribution in [-0.2, 0) is 9.59 Å². The minimum Gasteiger partial charge on any atom is -0.497 e. The average Bonchev–Trinajstić information content (AvgIpc) is 2.57. The molecule has 0 aliphatic heterocycles. The van der Waals surface area contributed by atoms with Crippen molar-refractivity contribution in [3.8, 4) is 11.5 Å². The van der Waals surface area contributed by atoms with Crippen molar-refractivity contribution in [1.29, 1.82) is 0 Å². The summed E-state index contributed by atoms with van der Waals surface area (Å²) >= 11 is 0. The number of nitrogens with two attached hydrogens (primary N) is 1. The second-order valence-electron chi connectivity index (χ2n) is 5.07. The zero-order chi connectivity index (χ0) is 17.7. The van der Waals surface area contributed by atoms with Crippen molar-refractivity contribution >= 4 is 28.9 Å². The number of carbonyl (C=O) groups is 2. The maximum Gasteiger partial charge on any atom is 0.314 e. The molecule has 0 aliphatic rings. The lowest BCUT2D eigenvalue weighted by Crippen LogP contribution is -2.29. The summed E-state index contributed by atoms with van der Waals surface area (Å²) in [5, 5.41) is 4.97. The van der Waals surface area contributed by atoms with Crippen molar-refractivity contribution < 1.29 is 19.1 Å². The first-order valence-corrected chi connectivity index (χ1v) is 7.15. The predicted octanol–water partition coefficient (Wildman–Crippen LogP) is 2.17. The quantitative estimate of drug-likeness (QED) is 0.589. The van der Waals surface area contributed by atoms with Gasteiger partial charge in [-0.3, -0.25) is 9.59 Å². The van der Waals surface area contributed by atoms with E-state index in [1.807, 2.05) is 6.92 Å². The molecule has 24 heavy (non-hydrogen) atoms. The highest BCUT2D eigenvalue weighted by Gasteiger charge is 2.17. The van der Waals surface area contributed by atoms with Gasteiger partial charge in [-0.1, -0.05) is 6.07 Å². The number of anilines is 3. The molecule has 0 aromatic heterocycles. The molecule has 126 valence electrons. The van der Waals surface area contributed by atoms with Gasteiger partial charge in [0.2, 0.25) is 0 Å². The van der Waals surface area contributed by atoms with Crippen LogP contribution in [0.25, 0.3) is 0 Å². The van der Waals surface area contributed by atoms with Gasteiger partial charge in [0.15, 0.2) is 0 Å². The van der Waals surface area contributed by atoms with Gasteiger partial charge < -0.3 is 25.8 Å². The Morgan fingerprint density at radius 2 is 1.54 bits per heavy atom. The molecule has 2 amide bonds. The molecule has 0 atom stereocenters. The van der Waals surface area contributed by atoms with Crippen LogP contribution in [0, 0.1) is 6.92 Å². The van der Waals surface area contributed by atoms with Crippen LogP contribution in [0.1, 0.15) is 5.56 Å². The van der Waals surface area contributed by atoms with Crippen molar-refractivity contribution in [2.45, 2.75) is 6.92 Å². The van der Waals surface area contributed by atoms with Crippen molar-refractivity contribution in [2.75, 3.05) is 30.6 Å². The van der Waals surface area contributed by atoms with Crippen LogP contribution in [-0.4, -0.2) is 26.0 Å². The summed E-state index contributed by atoms with van der Waals surface area (Å²) in [6.07, 6.45) is 0. The topological polar surface area (TPSA) is 103 Å². The third-order valence-electron chi connectivity index (χ3n) is 3.32. The van der Waals surface area contributed by atoms with E-state index >= 15 is 0 Å². The number of ether oxygens (including phenoxy) is 2. The van der Waals surface area contributed by atoms with Gasteiger partial charge >= 0.3 is 11.8 Å². The Labute approximate surface area is 139 Å². The third kappa shape index (κ3) is 3.95. The molecular weight excluding hydrogens is 310 g/mol. The number of benzene rings is 2. The van der Waals surface area contributed by atoms with Gasteiger partial charge in [0.05, 0.1) is 31.3 Å². The molecule has 0 radical (unpaired) electrons. The van der Waals surface area contributed by atoms with E-state index in [0.29, 0.717) is 28.6 Å². The molecule has 0 heterocycles. The van der Waals surface area contributed by atoms with E-state index in [2.05, 4.69) is 10.6 Å². The number of nitrogen functional groups attached to an aromatic ring is 1. The van der Waals surface area contributed by atoms with Crippen LogP contribution in [0.4, 0.5) is 17.1 Å². The summed E-state index contributed by atoms with van der Waals surface area (Å²) < 4.78 is 10.3. The van der Waals surface area contributed by atoms with Crippen molar-refractivity contribution in [3.05, 3.63) is 42.0 Å². The summed E-state index contributed by atoms with van der Waals surface area (Å²) in [4.78, 5) is 24.1. The normalized spacial score (nSPS) is 9.96. The second kappa shape index (κ2) is 7.36. The Kier molecular flexibility index (Phi) is 5.26. The minimum atomic E-state index is -0.835. The molecule has 7 nitrogen and oxygen atoms in total. The first-order chi connectivity index (χ1) is 11.4. The lowest BCUT2D eigenvalue weighted by molar-refractivity contribution is -0.133. The number of hydrogen-bond acceptors (Lipinski definition) is 5. The SMILES string of the molecule is COc1ccc(NC(=O)C(=O)Nc2ccc(C)cc2N)c(OC)c1. The van der Waals surface area contributed by atoms with Crippen LogP contribution in [0.5, 0.6) is 11.5 Å². The molecule has 7 heteroatoms. The van der Waals surface area contributed by atoms with Gasteiger partial charge in [0, 0.05) is 6.07 Å². The monoisotopic (exact) mass is 329 g/mol. The molecule has 4 N–H and O–H groups in total. The van der Waals surface area contributed by atoms with E-state index < -0.39 is 11.8 Å². The number of methoxy groups -OCH3 is 2. The molecule has 2 aromatic carbocycles. The molecule has 0 aliphatic carbocycles. The minimum absolute atomic E-state index is 0.357. The Hall–Kier alpha value is -3.22. The number of amides is 2. The molecule has 2 aromatic rings. The Morgan fingerprint density at radius 1 is 0.917 bits per heavy atom. The molecule has 0 saturated carbocycles. The van der Waals surface area contributed by atoms with Gasteiger partial charge in [0.1, 0.15) is 11.5 Å². The highest BCUT2D eigenvalue weighted by atomic mass is 16.5. The van der Waals surface area contributed by atoms with Crippen LogP contribution in [0.3, 0.4) is 0 Å². The number of carbonyl (C=O) groups excluding carboxylic acids is 2. The Balaban J connectivity index is 2.10. The largest absolute Gasteiger partial charge is 0.497 e. The van der Waals surface area contributed by atoms with Crippen molar-refractivity contribution in [3.63, 3.8) is 0 Å². The summed E-state index contributed by atoms with van der Waals surface area (Å²) in [6, 6.07) is 9.97. The number of nitrogens with one attached hydrogen (secondary N) is 2. The lowest BCUT2D eigenvalue weighted by atomic mass is 10.2. The summed E-state index contributed by atoms with van der Waals surface area (Å²) in [6.45, 7) is 1.88. The molecule has 2 rings (SSSR count). The fourth-order valence-corrected chi connectivity index (χ4v) is 2.06. The number of rotatable bonds is 4. The first-order valence-electron chi connectivity index (χ1n) is 7.15. The van der Waals surface area contributed by atoms with Crippen molar-refractivity contribution in [1.82, 2.24) is 0 Å². The van der Waals surface area contributed by atoms with E-state index in [4.69, 9.17) is 15.2 Å². The predicted molar refractivity (Wildman–Crippen MR) is 92.4 cm³/mol. The van der Waals surface area contributed by atoms with Crippen LogP contribution in [0.2, 0.25) is 0 Å². The molecule has 0 bridgehead atoms. The maximum atomic E-state index is 12.1. The molecule has 0 spiro atoms. The van der Waals surface area contributed by atoms with Gasteiger partial charge in [-0.05, 0) is 36.8 Å². The highest BCUT2D eigenvalue weighted by molar-refractivity contribution is 6.44. The Bertz CT molecular complexity index is 774. The van der Waals surface area contributed by atoms with E-state index in [0.717, 1.165) is 5.56 Å². The lowest BCUT2D eigenvalue weighted by Gasteiger charge is -2.12. The fourth-order valence-electron chi connectivity index (χ4n) is 2.06. The smallest absolute Gasteiger partial charge is 0.314 e. The van der Waals surface area contributed by atoms with Crippen LogP contribution < -0.4 is 25.8 Å². The van der Waals surface area contributed by atoms with Gasteiger partial charge in [-0.15, -0.1) is 0 Å². The molecular formula is C17H19N3O4. The summed E-state index contributed by atoms with van der Waals surface area (Å²) in [5.41, 5.74) is 7.90. The number of hydrogen-bond donors (Lipinski definition) is 3.